The van der Waals surface area contributed by atoms with Crippen molar-refractivity contribution in [2.24, 2.45) is 0 Å². The molecule has 1 heterocycles. The summed E-state index contributed by atoms with van der Waals surface area (Å²) in [5.74, 6) is -0.00259. The van der Waals surface area contributed by atoms with E-state index in [-0.39, 0.29) is 5.91 Å². The van der Waals surface area contributed by atoms with Gasteiger partial charge in [-0.2, -0.15) is 0 Å². The van der Waals surface area contributed by atoms with Crippen LogP contribution in [0.2, 0.25) is 0 Å². The van der Waals surface area contributed by atoms with Gasteiger partial charge in [0.25, 0.3) is 5.91 Å². The van der Waals surface area contributed by atoms with E-state index in [0.717, 1.165) is 24.2 Å². The molecule has 1 aliphatic rings. The van der Waals surface area contributed by atoms with Gasteiger partial charge in [0.15, 0.2) is 0 Å². The Bertz CT molecular complexity index is 459. The van der Waals surface area contributed by atoms with E-state index in [1.807, 2.05) is 38.1 Å². The van der Waals surface area contributed by atoms with E-state index >= 15 is 0 Å². The van der Waals surface area contributed by atoms with Gasteiger partial charge in [0.05, 0.1) is 0 Å². The number of amides is 1. The Hall–Kier alpha value is -1.77. The minimum Gasteiger partial charge on any atom is -0.384 e. The summed E-state index contributed by atoms with van der Waals surface area (Å²) < 4.78 is 0. The lowest BCUT2D eigenvalue weighted by molar-refractivity contribution is 0.0958. The van der Waals surface area contributed by atoms with E-state index in [1.165, 1.54) is 11.1 Å². The SMILES string of the molecule is CC(C)=CCNC(=O)c1ccc2c(c1)CCN2. The zero-order valence-corrected chi connectivity index (χ0v) is 10.3. The molecule has 0 bridgehead atoms. The summed E-state index contributed by atoms with van der Waals surface area (Å²) in [6.07, 6.45) is 3.01. The monoisotopic (exact) mass is 230 g/mol. The highest BCUT2D eigenvalue weighted by Gasteiger charge is 2.12. The molecule has 1 aliphatic heterocycles. The molecule has 3 heteroatoms. The lowest BCUT2D eigenvalue weighted by Gasteiger charge is -2.05. The predicted molar refractivity (Wildman–Crippen MR) is 70.4 cm³/mol. The molecule has 0 radical (unpaired) electrons. The van der Waals surface area contributed by atoms with Crippen molar-refractivity contribution in [1.29, 1.82) is 0 Å². The van der Waals surface area contributed by atoms with E-state index in [0.29, 0.717) is 6.54 Å². The van der Waals surface area contributed by atoms with E-state index < -0.39 is 0 Å². The molecule has 0 saturated carbocycles. The Labute approximate surface area is 102 Å². The molecule has 0 atom stereocenters. The third kappa shape index (κ3) is 2.87. The standard InChI is InChI=1S/C14H18N2O/c1-10(2)5-7-16-14(17)12-3-4-13-11(9-12)6-8-15-13/h3-5,9,15H,6-8H2,1-2H3,(H,16,17). The van der Waals surface area contributed by atoms with Crippen LogP contribution in [0.5, 0.6) is 0 Å². The predicted octanol–water partition coefficient (Wildman–Crippen LogP) is 2.35. The maximum atomic E-state index is 11.9. The minimum atomic E-state index is -0.00259. The number of carbonyl (C=O) groups is 1. The number of fused-ring (bicyclic) bond motifs is 1. The Kier molecular flexibility index (Phi) is 3.47. The molecule has 0 spiro atoms. The van der Waals surface area contributed by atoms with E-state index in [4.69, 9.17) is 0 Å². The maximum Gasteiger partial charge on any atom is 0.251 e. The summed E-state index contributed by atoms with van der Waals surface area (Å²) in [5, 5.41) is 6.17. The van der Waals surface area contributed by atoms with Gasteiger partial charge in [0, 0.05) is 24.3 Å². The van der Waals surface area contributed by atoms with Gasteiger partial charge in [0.1, 0.15) is 0 Å². The average Bonchev–Trinajstić information content (AvgIpc) is 2.75. The van der Waals surface area contributed by atoms with Crippen molar-refractivity contribution in [2.75, 3.05) is 18.4 Å². The van der Waals surface area contributed by atoms with Crippen LogP contribution in [0.4, 0.5) is 5.69 Å². The van der Waals surface area contributed by atoms with E-state index in [1.54, 1.807) is 0 Å². The van der Waals surface area contributed by atoms with Crippen molar-refractivity contribution >= 4 is 11.6 Å². The fourth-order valence-corrected chi connectivity index (χ4v) is 1.90. The number of allylic oxidation sites excluding steroid dienone is 1. The number of carbonyl (C=O) groups excluding carboxylic acids is 1. The van der Waals surface area contributed by atoms with Crippen molar-refractivity contribution in [2.45, 2.75) is 20.3 Å². The van der Waals surface area contributed by atoms with Crippen LogP contribution in [0.3, 0.4) is 0 Å². The van der Waals surface area contributed by atoms with Crippen LogP contribution in [-0.4, -0.2) is 19.0 Å². The summed E-state index contributed by atoms with van der Waals surface area (Å²) in [5.41, 5.74) is 4.35. The highest BCUT2D eigenvalue weighted by molar-refractivity contribution is 5.95. The molecule has 17 heavy (non-hydrogen) atoms. The minimum absolute atomic E-state index is 0.00259. The quantitative estimate of drug-likeness (QED) is 0.783. The van der Waals surface area contributed by atoms with Crippen molar-refractivity contribution in [3.05, 3.63) is 41.0 Å². The third-order valence-corrected chi connectivity index (χ3v) is 2.85. The molecule has 2 rings (SSSR count). The first-order valence-electron chi connectivity index (χ1n) is 5.95. The van der Waals surface area contributed by atoms with E-state index in [2.05, 4.69) is 10.6 Å². The average molecular weight is 230 g/mol. The molecule has 90 valence electrons. The first-order chi connectivity index (χ1) is 8.16. The van der Waals surface area contributed by atoms with Crippen LogP contribution in [0.15, 0.2) is 29.8 Å². The number of hydrogen-bond donors (Lipinski definition) is 2. The molecule has 2 N–H and O–H groups in total. The Morgan fingerprint density at radius 1 is 1.47 bits per heavy atom. The number of rotatable bonds is 3. The van der Waals surface area contributed by atoms with Gasteiger partial charge in [0.2, 0.25) is 0 Å². The van der Waals surface area contributed by atoms with Crippen molar-refractivity contribution in [3.63, 3.8) is 0 Å². The zero-order valence-electron chi connectivity index (χ0n) is 10.3. The molecular formula is C14H18N2O. The highest BCUT2D eigenvalue weighted by Crippen LogP contribution is 2.22. The maximum absolute atomic E-state index is 11.9. The van der Waals surface area contributed by atoms with Crippen LogP contribution < -0.4 is 10.6 Å². The summed E-state index contributed by atoms with van der Waals surface area (Å²) in [7, 11) is 0. The summed E-state index contributed by atoms with van der Waals surface area (Å²) in [6, 6.07) is 5.83. The third-order valence-electron chi connectivity index (χ3n) is 2.85. The Morgan fingerprint density at radius 2 is 2.29 bits per heavy atom. The number of anilines is 1. The lowest BCUT2D eigenvalue weighted by Crippen LogP contribution is -2.23. The molecule has 1 amide bonds. The first-order valence-corrected chi connectivity index (χ1v) is 5.95. The fraction of sp³-hybridized carbons (Fsp3) is 0.357. The molecular weight excluding hydrogens is 212 g/mol. The van der Waals surface area contributed by atoms with Crippen molar-refractivity contribution < 1.29 is 4.79 Å². The first kappa shape index (κ1) is 11.7. The Morgan fingerprint density at radius 3 is 3.06 bits per heavy atom. The lowest BCUT2D eigenvalue weighted by atomic mass is 10.1. The van der Waals surface area contributed by atoms with Gasteiger partial charge in [-0.1, -0.05) is 11.6 Å². The smallest absolute Gasteiger partial charge is 0.251 e. The van der Waals surface area contributed by atoms with Gasteiger partial charge < -0.3 is 10.6 Å². The van der Waals surface area contributed by atoms with E-state index in [9.17, 15) is 4.79 Å². The van der Waals surface area contributed by atoms with Gasteiger partial charge in [-0.3, -0.25) is 4.79 Å². The molecule has 0 unspecified atom stereocenters. The van der Waals surface area contributed by atoms with Gasteiger partial charge in [-0.25, -0.2) is 0 Å². The Balaban J connectivity index is 2.02. The normalized spacial score (nSPS) is 12.6. The molecule has 1 aromatic rings. The molecule has 0 aromatic heterocycles. The van der Waals surface area contributed by atoms with Crippen LogP contribution in [0.1, 0.15) is 29.8 Å². The van der Waals surface area contributed by atoms with Crippen molar-refractivity contribution in [1.82, 2.24) is 5.32 Å². The highest BCUT2D eigenvalue weighted by atomic mass is 16.1. The van der Waals surface area contributed by atoms with Gasteiger partial charge >= 0.3 is 0 Å². The molecule has 0 fully saturated rings. The van der Waals surface area contributed by atoms with Gasteiger partial charge in [-0.05, 0) is 44.0 Å². The topological polar surface area (TPSA) is 41.1 Å². The molecule has 0 aliphatic carbocycles. The second-order valence-corrected chi connectivity index (χ2v) is 4.54. The number of hydrogen-bond acceptors (Lipinski definition) is 2. The summed E-state index contributed by atoms with van der Waals surface area (Å²) in [6.45, 7) is 5.61. The largest absolute Gasteiger partial charge is 0.384 e. The zero-order chi connectivity index (χ0) is 12.3. The summed E-state index contributed by atoms with van der Waals surface area (Å²) in [4.78, 5) is 11.9. The summed E-state index contributed by atoms with van der Waals surface area (Å²) >= 11 is 0. The fourth-order valence-electron chi connectivity index (χ4n) is 1.90. The number of nitrogens with one attached hydrogen (secondary N) is 2. The van der Waals surface area contributed by atoms with Crippen LogP contribution in [0.25, 0.3) is 0 Å². The molecule has 1 aromatic carbocycles. The van der Waals surface area contributed by atoms with Crippen LogP contribution in [-0.2, 0) is 6.42 Å². The molecule has 0 saturated heterocycles. The van der Waals surface area contributed by atoms with Gasteiger partial charge in [-0.15, -0.1) is 0 Å². The second kappa shape index (κ2) is 5.04. The number of benzene rings is 1. The van der Waals surface area contributed by atoms with Crippen molar-refractivity contribution in [3.8, 4) is 0 Å². The van der Waals surface area contributed by atoms with Crippen LogP contribution >= 0.6 is 0 Å². The second-order valence-electron chi connectivity index (χ2n) is 4.54. The van der Waals surface area contributed by atoms with Crippen LogP contribution in [0, 0.1) is 0 Å². The molecule has 3 nitrogen and oxygen atoms in total.